The molecule has 0 aliphatic heterocycles. The van der Waals surface area contributed by atoms with Gasteiger partial charge in [0.15, 0.2) is 0 Å². The van der Waals surface area contributed by atoms with E-state index in [2.05, 4.69) is 45.2 Å². The average molecular weight is 416 g/mol. The predicted molar refractivity (Wildman–Crippen MR) is 73.1 cm³/mol. The van der Waals surface area contributed by atoms with Gasteiger partial charge in [0.2, 0.25) is 0 Å². The molecule has 1 atom stereocenters. The summed E-state index contributed by atoms with van der Waals surface area (Å²) in [5, 5.41) is 0. The Morgan fingerprint density at radius 3 is 2.71 bits per heavy atom. The van der Waals surface area contributed by atoms with Gasteiger partial charge in [-0.3, -0.25) is 0 Å². The van der Waals surface area contributed by atoms with Crippen molar-refractivity contribution in [3.63, 3.8) is 0 Å². The van der Waals surface area contributed by atoms with E-state index in [1.54, 1.807) is 6.07 Å². The summed E-state index contributed by atoms with van der Waals surface area (Å²) in [6.07, 6.45) is 0. The van der Waals surface area contributed by atoms with Crippen molar-refractivity contribution in [3.05, 3.63) is 35.4 Å². The molecule has 76 valence electrons. The molecule has 1 unspecified atom stereocenters. The van der Waals surface area contributed by atoms with Crippen LogP contribution in [0.25, 0.3) is 0 Å². The fourth-order valence-corrected chi connectivity index (χ4v) is 1.94. The fraction of sp³-hybridized carbons (Fsp3) is 0.300. The summed E-state index contributed by atoms with van der Waals surface area (Å²) >= 11 is 4.30. The highest BCUT2D eigenvalue weighted by Gasteiger charge is 2.12. The van der Waals surface area contributed by atoms with E-state index in [-0.39, 0.29) is 10.1 Å². The van der Waals surface area contributed by atoms with E-state index in [9.17, 15) is 4.79 Å². The molecule has 2 nitrogen and oxygen atoms in total. The summed E-state index contributed by atoms with van der Waals surface area (Å²) in [7, 11) is 0. The third-order valence-corrected chi connectivity index (χ3v) is 2.73. The number of rotatable bonds is 3. The van der Waals surface area contributed by atoms with Gasteiger partial charge in [-0.2, -0.15) is 0 Å². The molecule has 0 heterocycles. The smallest absolute Gasteiger partial charge is 0.339 e. The second-order valence-electron chi connectivity index (χ2n) is 2.74. The second-order valence-corrected chi connectivity index (χ2v) is 5.26. The Labute approximate surface area is 111 Å². The maximum absolute atomic E-state index is 11.6. The molecule has 0 aliphatic rings. The molecule has 4 heteroatoms. The lowest BCUT2D eigenvalue weighted by Gasteiger charge is -2.08. The first-order valence-electron chi connectivity index (χ1n) is 4.14. The molecule has 0 bridgehead atoms. The van der Waals surface area contributed by atoms with E-state index >= 15 is 0 Å². The van der Waals surface area contributed by atoms with E-state index in [0.29, 0.717) is 5.56 Å². The van der Waals surface area contributed by atoms with E-state index in [4.69, 9.17) is 4.74 Å². The average Bonchev–Trinajstić information content (AvgIpc) is 2.16. The van der Waals surface area contributed by atoms with Crippen molar-refractivity contribution in [1.29, 1.82) is 0 Å². The molecule has 0 fully saturated rings. The van der Waals surface area contributed by atoms with Crippen LogP contribution in [0.5, 0.6) is 0 Å². The maximum atomic E-state index is 11.6. The van der Waals surface area contributed by atoms with Crippen molar-refractivity contribution in [2.45, 2.75) is 15.5 Å². The summed E-state index contributed by atoms with van der Waals surface area (Å²) in [5.41, 5.74) is 1.69. The first-order valence-corrected chi connectivity index (χ1v) is 6.91. The Hall–Kier alpha value is 0.150. The molecule has 14 heavy (non-hydrogen) atoms. The zero-order valence-corrected chi connectivity index (χ0v) is 12.0. The van der Waals surface area contributed by atoms with Crippen LogP contribution in [0.2, 0.25) is 0 Å². The van der Waals surface area contributed by atoms with Crippen molar-refractivity contribution < 1.29 is 9.53 Å². The summed E-state index contributed by atoms with van der Waals surface area (Å²) in [5.74, 6) is -0.237. The third-order valence-electron chi connectivity index (χ3n) is 1.65. The molecular formula is C10H10I2O2. The number of carbonyl (C=O) groups is 1. The lowest BCUT2D eigenvalue weighted by molar-refractivity contribution is 0.0501. The van der Waals surface area contributed by atoms with Gasteiger partial charge in [-0.05, 0) is 41.1 Å². The minimum atomic E-state index is -0.237. The highest BCUT2D eigenvalue weighted by molar-refractivity contribution is 14.1. The number of hydrogen-bond acceptors (Lipinski definition) is 2. The number of esters is 1. The summed E-state index contributed by atoms with van der Waals surface area (Å²) in [6, 6.07) is 7.53. The molecule has 0 aromatic heterocycles. The van der Waals surface area contributed by atoms with Crippen molar-refractivity contribution in [2.24, 2.45) is 0 Å². The lowest BCUT2D eigenvalue weighted by Crippen LogP contribution is -2.11. The van der Waals surface area contributed by atoms with Crippen molar-refractivity contribution in [3.8, 4) is 0 Å². The van der Waals surface area contributed by atoms with E-state index in [0.717, 1.165) is 9.99 Å². The lowest BCUT2D eigenvalue weighted by atomic mass is 10.1. The van der Waals surface area contributed by atoms with Crippen LogP contribution in [0.15, 0.2) is 24.3 Å². The number of ether oxygens (including phenoxy) is 1. The second kappa shape index (κ2) is 5.89. The first-order chi connectivity index (χ1) is 6.65. The number of alkyl halides is 2. The highest BCUT2D eigenvalue weighted by atomic mass is 127. The molecule has 1 aromatic rings. The number of carbonyl (C=O) groups excluding carboxylic acids is 1. The Morgan fingerprint density at radius 2 is 2.14 bits per heavy atom. The summed E-state index contributed by atoms with van der Waals surface area (Å²) < 4.78 is 5.85. The topological polar surface area (TPSA) is 26.3 Å². The molecule has 0 amide bonds. The number of benzene rings is 1. The van der Waals surface area contributed by atoms with Crippen LogP contribution in [0, 0.1) is 0 Å². The quantitative estimate of drug-likeness (QED) is 0.428. The molecule has 0 aliphatic carbocycles. The van der Waals surface area contributed by atoms with Crippen LogP contribution in [0.3, 0.4) is 0 Å². The highest BCUT2D eigenvalue weighted by Crippen LogP contribution is 2.15. The largest absolute Gasteiger partial charge is 0.448 e. The van der Waals surface area contributed by atoms with E-state index in [1.807, 2.05) is 25.1 Å². The van der Waals surface area contributed by atoms with Crippen LogP contribution in [0.4, 0.5) is 0 Å². The fourth-order valence-electron chi connectivity index (χ4n) is 1.05. The van der Waals surface area contributed by atoms with Gasteiger partial charge in [-0.25, -0.2) is 4.79 Å². The minimum Gasteiger partial charge on any atom is -0.448 e. The van der Waals surface area contributed by atoms with Gasteiger partial charge in [0.25, 0.3) is 0 Å². The Balaban J connectivity index is 2.88. The van der Waals surface area contributed by atoms with Crippen LogP contribution in [-0.2, 0) is 9.16 Å². The molecule has 0 saturated heterocycles. The third kappa shape index (κ3) is 3.38. The van der Waals surface area contributed by atoms with Crippen LogP contribution in [0.1, 0.15) is 22.8 Å². The number of halogens is 2. The van der Waals surface area contributed by atoms with Crippen molar-refractivity contribution in [2.75, 3.05) is 0 Å². The van der Waals surface area contributed by atoms with Crippen LogP contribution in [-0.4, -0.2) is 10.1 Å². The van der Waals surface area contributed by atoms with Gasteiger partial charge in [0.05, 0.1) is 5.56 Å². The van der Waals surface area contributed by atoms with Gasteiger partial charge in [0, 0.05) is 4.43 Å². The van der Waals surface area contributed by atoms with Gasteiger partial charge in [0.1, 0.15) is 4.11 Å². The zero-order valence-electron chi connectivity index (χ0n) is 7.67. The van der Waals surface area contributed by atoms with Crippen molar-refractivity contribution in [1.82, 2.24) is 0 Å². The van der Waals surface area contributed by atoms with E-state index < -0.39 is 0 Å². The Kier molecular flexibility index (Phi) is 5.14. The molecule has 0 spiro atoms. The van der Waals surface area contributed by atoms with Crippen LogP contribution < -0.4 is 0 Å². The maximum Gasteiger partial charge on any atom is 0.339 e. The summed E-state index contributed by atoms with van der Waals surface area (Å²) in [6.45, 7) is 1.84. The SMILES string of the molecule is CC(I)OC(=O)c1ccccc1CI. The standard InChI is InChI=1S/C10H10I2O2/c1-7(12)14-10(13)9-5-3-2-4-8(9)6-11/h2-5,7H,6H2,1H3. The number of hydrogen-bond donors (Lipinski definition) is 0. The van der Waals surface area contributed by atoms with E-state index in [1.165, 1.54) is 0 Å². The molecule has 1 aromatic carbocycles. The normalized spacial score (nSPS) is 12.2. The molecule has 0 radical (unpaired) electrons. The summed E-state index contributed by atoms with van der Waals surface area (Å²) in [4.78, 5) is 11.6. The van der Waals surface area contributed by atoms with Crippen molar-refractivity contribution >= 4 is 51.2 Å². The minimum absolute atomic E-state index is 0.0950. The first kappa shape index (κ1) is 12.2. The van der Waals surface area contributed by atoms with Crippen LogP contribution >= 0.6 is 45.2 Å². The molecule has 0 N–H and O–H groups in total. The molecular weight excluding hydrogens is 406 g/mol. The molecule has 0 saturated carbocycles. The Morgan fingerprint density at radius 1 is 1.50 bits per heavy atom. The zero-order chi connectivity index (χ0) is 10.6. The van der Waals surface area contributed by atoms with Gasteiger partial charge < -0.3 is 4.74 Å². The van der Waals surface area contributed by atoms with Gasteiger partial charge in [-0.15, -0.1) is 0 Å². The predicted octanol–water partition coefficient (Wildman–Crippen LogP) is 3.56. The monoisotopic (exact) mass is 416 g/mol. The van der Waals surface area contributed by atoms with Gasteiger partial charge >= 0.3 is 5.97 Å². The Bertz CT molecular complexity index is 324. The van der Waals surface area contributed by atoms with Gasteiger partial charge in [-0.1, -0.05) is 40.8 Å². The molecule has 1 rings (SSSR count).